The van der Waals surface area contributed by atoms with Crippen LogP contribution in [0.5, 0.6) is 11.5 Å². The van der Waals surface area contributed by atoms with E-state index in [2.05, 4.69) is 28.8 Å². The van der Waals surface area contributed by atoms with Crippen LogP contribution < -0.4 is 15.4 Å². The predicted octanol–water partition coefficient (Wildman–Crippen LogP) is 5.24. The van der Waals surface area contributed by atoms with E-state index >= 15 is 0 Å². The first-order valence-corrected chi connectivity index (χ1v) is 10.4. The number of hydrogen-bond donors (Lipinski definition) is 3. The van der Waals surface area contributed by atoms with Crippen molar-refractivity contribution in [3.63, 3.8) is 0 Å². The average molecular weight is 412 g/mol. The molecular formula is C26H24N2O3. The number of hydrogen-bond acceptors (Lipinski definition) is 5. The lowest BCUT2D eigenvalue weighted by molar-refractivity contribution is -0.122. The van der Waals surface area contributed by atoms with E-state index in [0.717, 1.165) is 28.2 Å². The van der Waals surface area contributed by atoms with E-state index in [-0.39, 0.29) is 29.4 Å². The lowest BCUT2D eigenvalue weighted by Gasteiger charge is -2.32. The second kappa shape index (κ2) is 7.84. The zero-order valence-electron chi connectivity index (χ0n) is 17.2. The Labute approximate surface area is 181 Å². The highest BCUT2D eigenvalue weighted by Crippen LogP contribution is 2.45. The number of ether oxygens (including phenoxy) is 1. The number of phenolic OH excluding ortho intramolecular Hbond substituents is 1. The molecule has 2 aliphatic rings. The van der Waals surface area contributed by atoms with Gasteiger partial charge in [-0.25, -0.2) is 0 Å². The van der Waals surface area contributed by atoms with Crippen LogP contribution in [0.1, 0.15) is 29.5 Å². The molecule has 0 fully saturated rings. The minimum absolute atomic E-state index is 0.0349. The first-order valence-electron chi connectivity index (χ1n) is 10.4. The molecule has 0 aromatic heterocycles. The molecule has 3 atom stereocenters. The van der Waals surface area contributed by atoms with Crippen LogP contribution in [0, 0.1) is 5.92 Å². The summed E-state index contributed by atoms with van der Waals surface area (Å²) in [7, 11) is 1.53. The number of fused-ring (bicyclic) bond motifs is 2. The van der Waals surface area contributed by atoms with Crippen molar-refractivity contribution in [2.45, 2.75) is 18.4 Å². The molecule has 1 aliphatic carbocycles. The van der Waals surface area contributed by atoms with E-state index in [0.29, 0.717) is 12.2 Å². The molecule has 0 radical (unpaired) electrons. The van der Waals surface area contributed by atoms with Gasteiger partial charge in [0.1, 0.15) is 5.78 Å². The Morgan fingerprint density at radius 3 is 2.45 bits per heavy atom. The summed E-state index contributed by atoms with van der Waals surface area (Å²) in [6, 6.07) is 23.1. The number of phenols is 1. The largest absolute Gasteiger partial charge is 0.504 e. The number of para-hydroxylation sites is 2. The zero-order valence-corrected chi connectivity index (χ0v) is 17.2. The lowest BCUT2D eigenvalue weighted by Crippen LogP contribution is -2.33. The second-order valence-corrected chi connectivity index (χ2v) is 8.01. The van der Waals surface area contributed by atoms with Crippen LogP contribution in [0.4, 0.5) is 11.4 Å². The van der Waals surface area contributed by atoms with Crippen molar-refractivity contribution in [3.8, 4) is 11.5 Å². The van der Waals surface area contributed by atoms with Crippen LogP contribution in [0.2, 0.25) is 0 Å². The van der Waals surface area contributed by atoms with Gasteiger partial charge in [-0.15, -0.1) is 0 Å². The molecule has 156 valence electrons. The Hall–Kier alpha value is -3.73. The third kappa shape index (κ3) is 3.52. The minimum atomic E-state index is -0.374. The summed E-state index contributed by atoms with van der Waals surface area (Å²) in [4.78, 5) is 13.5. The number of aromatic hydroxyl groups is 1. The Bertz CT molecular complexity index is 1160. The molecule has 0 spiro atoms. The van der Waals surface area contributed by atoms with Gasteiger partial charge in [-0.05, 0) is 35.4 Å². The minimum Gasteiger partial charge on any atom is -0.504 e. The highest BCUT2D eigenvalue weighted by atomic mass is 16.5. The second-order valence-electron chi connectivity index (χ2n) is 8.01. The lowest BCUT2D eigenvalue weighted by atomic mass is 9.76. The highest BCUT2D eigenvalue weighted by molar-refractivity contribution is 5.90. The highest BCUT2D eigenvalue weighted by Gasteiger charge is 2.40. The number of Topliss-reactive ketones (excluding diaryl/α,β-unsaturated/α-hetero) is 1. The van der Waals surface area contributed by atoms with Crippen molar-refractivity contribution in [2.75, 3.05) is 17.7 Å². The van der Waals surface area contributed by atoms with Crippen molar-refractivity contribution in [2.24, 2.45) is 5.92 Å². The quantitative estimate of drug-likeness (QED) is 0.549. The van der Waals surface area contributed by atoms with E-state index in [4.69, 9.17) is 4.74 Å². The van der Waals surface area contributed by atoms with E-state index < -0.39 is 0 Å². The number of allylic oxidation sites excluding steroid dienone is 1. The number of nitrogens with one attached hydrogen (secondary N) is 2. The van der Waals surface area contributed by atoms with E-state index in [1.807, 2.05) is 48.5 Å². The van der Waals surface area contributed by atoms with Crippen molar-refractivity contribution in [3.05, 3.63) is 95.7 Å². The van der Waals surface area contributed by atoms with Gasteiger partial charge < -0.3 is 20.5 Å². The Kier molecular flexibility index (Phi) is 4.86. The molecule has 5 nitrogen and oxygen atoms in total. The molecule has 3 aromatic rings. The van der Waals surface area contributed by atoms with Crippen LogP contribution in [-0.4, -0.2) is 18.0 Å². The first-order chi connectivity index (χ1) is 15.1. The summed E-state index contributed by atoms with van der Waals surface area (Å²) >= 11 is 0. The summed E-state index contributed by atoms with van der Waals surface area (Å²) in [5.74, 6) is 0.305. The number of methoxy groups -OCH3 is 1. The standard InChI is InChI=1S/C26H24N2O3/c1-31-24-15-17(11-12-22(24)29)26-25-21(27-19-9-5-6-10-20(19)28-26)13-18(14-23(25)30)16-7-3-2-4-8-16/h2-13,15,18,25-29H,14H2,1H3. The van der Waals surface area contributed by atoms with Crippen LogP contribution in [0.25, 0.3) is 0 Å². The number of carbonyl (C=O) groups is 1. The Morgan fingerprint density at radius 2 is 1.68 bits per heavy atom. The van der Waals surface area contributed by atoms with Gasteiger partial charge in [0.25, 0.3) is 0 Å². The van der Waals surface area contributed by atoms with Crippen LogP contribution in [0.15, 0.2) is 84.6 Å². The maximum Gasteiger partial charge on any atom is 0.160 e. The molecule has 0 saturated heterocycles. The molecule has 3 N–H and O–H groups in total. The molecule has 0 bridgehead atoms. The fourth-order valence-corrected chi connectivity index (χ4v) is 4.58. The normalized spacial score (nSPS) is 22.2. The fourth-order valence-electron chi connectivity index (χ4n) is 4.58. The van der Waals surface area contributed by atoms with Gasteiger partial charge in [-0.2, -0.15) is 0 Å². The SMILES string of the molecule is COc1cc(C2Nc3ccccc3NC3=CC(c4ccccc4)CC(=O)C32)ccc1O. The third-order valence-electron chi connectivity index (χ3n) is 6.12. The summed E-state index contributed by atoms with van der Waals surface area (Å²) < 4.78 is 5.32. The zero-order chi connectivity index (χ0) is 21.4. The maximum atomic E-state index is 13.5. The van der Waals surface area contributed by atoms with Gasteiger partial charge in [0, 0.05) is 18.0 Å². The number of rotatable bonds is 3. The van der Waals surface area contributed by atoms with Gasteiger partial charge >= 0.3 is 0 Å². The predicted molar refractivity (Wildman–Crippen MR) is 121 cm³/mol. The van der Waals surface area contributed by atoms with Crippen molar-refractivity contribution >= 4 is 17.2 Å². The summed E-state index contributed by atoms with van der Waals surface area (Å²) in [5, 5.41) is 17.2. The molecule has 0 amide bonds. The molecule has 1 heterocycles. The van der Waals surface area contributed by atoms with E-state index in [1.54, 1.807) is 12.1 Å². The first kappa shape index (κ1) is 19.2. The fraction of sp³-hybridized carbons (Fsp3) is 0.192. The molecule has 5 rings (SSSR count). The van der Waals surface area contributed by atoms with Crippen LogP contribution >= 0.6 is 0 Å². The summed E-state index contributed by atoms with van der Waals surface area (Å²) in [5.41, 5.74) is 4.79. The van der Waals surface area contributed by atoms with Gasteiger partial charge in [-0.1, -0.05) is 54.6 Å². The Morgan fingerprint density at radius 1 is 0.935 bits per heavy atom. The van der Waals surface area contributed by atoms with Crippen LogP contribution in [-0.2, 0) is 4.79 Å². The maximum absolute atomic E-state index is 13.5. The van der Waals surface area contributed by atoms with E-state index in [1.165, 1.54) is 7.11 Å². The molecular weight excluding hydrogens is 388 g/mol. The van der Waals surface area contributed by atoms with E-state index in [9.17, 15) is 9.90 Å². The Balaban J connectivity index is 1.63. The van der Waals surface area contributed by atoms with Crippen molar-refractivity contribution in [1.29, 1.82) is 0 Å². The number of anilines is 2. The van der Waals surface area contributed by atoms with Gasteiger partial charge in [-0.3, -0.25) is 4.79 Å². The summed E-state index contributed by atoms with van der Waals surface area (Å²) in [6.07, 6.45) is 2.64. The molecule has 31 heavy (non-hydrogen) atoms. The topological polar surface area (TPSA) is 70.6 Å². The molecule has 0 saturated carbocycles. The smallest absolute Gasteiger partial charge is 0.160 e. The monoisotopic (exact) mass is 412 g/mol. The van der Waals surface area contributed by atoms with Crippen molar-refractivity contribution in [1.82, 2.24) is 0 Å². The number of ketones is 1. The van der Waals surface area contributed by atoms with Gasteiger partial charge in [0.15, 0.2) is 11.5 Å². The summed E-state index contributed by atoms with van der Waals surface area (Å²) in [6.45, 7) is 0. The van der Waals surface area contributed by atoms with Crippen molar-refractivity contribution < 1.29 is 14.6 Å². The molecule has 5 heteroatoms. The number of carbonyl (C=O) groups excluding carboxylic acids is 1. The average Bonchev–Trinajstić information content (AvgIpc) is 2.97. The van der Waals surface area contributed by atoms with Gasteiger partial charge in [0.05, 0.1) is 30.4 Å². The molecule has 3 unspecified atom stereocenters. The molecule has 1 aliphatic heterocycles. The number of benzene rings is 3. The van der Waals surface area contributed by atoms with Gasteiger partial charge in [0.2, 0.25) is 0 Å². The third-order valence-corrected chi connectivity index (χ3v) is 6.12. The molecule has 3 aromatic carbocycles. The van der Waals surface area contributed by atoms with Crippen LogP contribution in [0.3, 0.4) is 0 Å².